The number of halogens is 3. The van der Waals surface area contributed by atoms with Crippen LogP contribution in [0, 0.1) is 0 Å². The van der Waals surface area contributed by atoms with Crippen LogP contribution in [0.1, 0.15) is 56.6 Å². The first-order valence-corrected chi connectivity index (χ1v) is 13.1. The number of hydrogen-bond donors (Lipinski definition) is 2. The number of aliphatic imine (C=N–C) groups is 1. The number of rotatable bonds is 8. The molecule has 0 radical (unpaired) electrons. The monoisotopic (exact) mass is 511 g/mol. The molecule has 1 saturated carbocycles. The van der Waals surface area contributed by atoms with Gasteiger partial charge in [-0.2, -0.15) is 13.2 Å². The third-order valence-electron chi connectivity index (χ3n) is 7.29. The van der Waals surface area contributed by atoms with Crippen molar-refractivity contribution in [3.05, 3.63) is 72.1 Å². The fraction of sp³-hybridized carbons (Fsp3) is 0.448. The number of allylic oxidation sites excluding steroid dienone is 3. The molecule has 0 spiro atoms. The summed E-state index contributed by atoms with van der Waals surface area (Å²) in [4.78, 5) is 10.6. The Morgan fingerprint density at radius 1 is 1.08 bits per heavy atom. The highest BCUT2D eigenvalue weighted by Crippen LogP contribution is 2.31. The second kappa shape index (κ2) is 12.4. The van der Waals surface area contributed by atoms with E-state index in [1.54, 1.807) is 18.3 Å². The summed E-state index contributed by atoms with van der Waals surface area (Å²) in [7, 11) is 0. The summed E-state index contributed by atoms with van der Waals surface area (Å²) in [6.45, 7) is 7.15. The first-order valence-electron chi connectivity index (χ1n) is 13.1. The molecule has 2 N–H and O–H groups in total. The van der Waals surface area contributed by atoms with Crippen molar-refractivity contribution in [3.8, 4) is 0 Å². The van der Waals surface area contributed by atoms with E-state index in [-0.39, 0.29) is 12.1 Å². The minimum Gasteiger partial charge on any atom is -0.370 e. The Balaban J connectivity index is 1.40. The minimum absolute atomic E-state index is 0.261. The SMILES string of the molecule is C=N/C=C\C(=C/C)c1ccnc(NC2CCCC[C@H]2NC2CCCN(c3ccc(C(F)(F)F)cc3)C2)c1. The summed E-state index contributed by atoms with van der Waals surface area (Å²) >= 11 is 0. The molecule has 37 heavy (non-hydrogen) atoms. The summed E-state index contributed by atoms with van der Waals surface area (Å²) < 4.78 is 38.9. The van der Waals surface area contributed by atoms with Crippen LogP contribution in [-0.4, -0.2) is 42.9 Å². The second-order valence-electron chi connectivity index (χ2n) is 9.81. The Kier molecular flexibility index (Phi) is 9.03. The van der Waals surface area contributed by atoms with Crippen molar-refractivity contribution in [2.75, 3.05) is 23.3 Å². The maximum absolute atomic E-state index is 13.0. The Bertz CT molecular complexity index is 1090. The third-order valence-corrected chi connectivity index (χ3v) is 7.29. The van der Waals surface area contributed by atoms with Gasteiger partial charge >= 0.3 is 6.18 Å². The standard InChI is InChI=1S/C29H36F3N5/c1-3-21(14-16-33-2)22-15-17-34-28(19-22)36-27-9-5-4-8-26(27)35-24-7-6-18-37(20-24)25-12-10-23(11-13-25)29(30,31)32/h3,10-17,19,24,26-27,35H,2,4-9,18,20H2,1H3,(H,34,36)/b16-14-,21-3+/t24?,26-,27?/m1/s1. The largest absolute Gasteiger partial charge is 0.416 e. The van der Waals surface area contributed by atoms with E-state index in [1.165, 1.54) is 25.0 Å². The molecule has 1 aromatic heterocycles. The van der Waals surface area contributed by atoms with Gasteiger partial charge in [0, 0.05) is 49.3 Å². The van der Waals surface area contributed by atoms with E-state index in [0.29, 0.717) is 6.04 Å². The normalized spacial score (nSPS) is 23.3. The van der Waals surface area contributed by atoms with E-state index in [4.69, 9.17) is 0 Å². The minimum atomic E-state index is -4.31. The number of aromatic nitrogens is 1. The van der Waals surface area contributed by atoms with Gasteiger partial charge in [0.1, 0.15) is 5.82 Å². The molecule has 198 valence electrons. The number of anilines is 2. The molecule has 4 rings (SSSR count). The van der Waals surface area contributed by atoms with E-state index < -0.39 is 11.7 Å². The summed E-state index contributed by atoms with van der Waals surface area (Å²) in [5.41, 5.74) is 2.37. The van der Waals surface area contributed by atoms with Crippen molar-refractivity contribution in [2.24, 2.45) is 4.99 Å². The maximum atomic E-state index is 13.0. The predicted octanol–water partition coefficient (Wildman–Crippen LogP) is 6.70. The molecular formula is C29H36F3N5. The lowest BCUT2D eigenvalue weighted by atomic mass is 9.89. The van der Waals surface area contributed by atoms with Crippen LogP contribution in [0.3, 0.4) is 0 Å². The highest BCUT2D eigenvalue weighted by atomic mass is 19.4. The first-order chi connectivity index (χ1) is 17.9. The van der Waals surface area contributed by atoms with Crippen molar-refractivity contribution in [1.29, 1.82) is 0 Å². The molecule has 1 saturated heterocycles. The van der Waals surface area contributed by atoms with Gasteiger partial charge < -0.3 is 15.5 Å². The van der Waals surface area contributed by atoms with Gasteiger partial charge in [-0.1, -0.05) is 18.9 Å². The van der Waals surface area contributed by atoms with Crippen LogP contribution in [0.25, 0.3) is 5.57 Å². The van der Waals surface area contributed by atoms with Crippen LogP contribution in [0.15, 0.2) is 65.9 Å². The van der Waals surface area contributed by atoms with Gasteiger partial charge in [0.2, 0.25) is 0 Å². The van der Waals surface area contributed by atoms with Crippen molar-refractivity contribution < 1.29 is 13.2 Å². The molecule has 2 fully saturated rings. The fourth-order valence-corrected chi connectivity index (χ4v) is 5.39. The molecule has 1 aliphatic heterocycles. The molecule has 3 atom stereocenters. The predicted molar refractivity (Wildman–Crippen MR) is 146 cm³/mol. The smallest absolute Gasteiger partial charge is 0.370 e. The molecule has 8 heteroatoms. The summed E-state index contributed by atoms with van der Waals surface area (Å²) in [6, 6.07) is 10.5. The van der Waals surface area contributed by atoms with E-state index in [9.17, 15) is 13.2 Å². The van der Waals surface area contributed by atoms with Crippen molar-refractivity contribution in [1.82, 2.24) is 10.3 Å². The van der Waals surface area contributed by atoms with Gasteiger partial charge in [-0.3, -0.25) is 4.99 Å². The number of piperidine rings is 1. The first kappa shape index (κ1) is 26.9. The molecular weight excluding hydrogens is 475 g/mol. The highest BCUT2D eigenvalue weighted by Gasteiger charge is 2.31. The summed E-state index contributed by atoms with van der Waals surface area (Å²) in [5, 5.41) is 7.56. The molecule has 2 unspecified atom stereocenters. The number of nitrogens with one attached hydrogen (secondary N) is 2. The molecule has 2 aromatic rings. The molecule has 1 aliphatic carbocycles. The Hall–Kier alpha value is -3.13. The van der Waals surface area contributed by atoms with Crippen LogP contribution in [0.4, 0.5) is 24.7 Å². The van der Waals surface area contributed by atoms with Crippen LogP contribution < -0.4 is 15.5 Å². The molecule has 0 bridgehead atoms. The van der Waals surface area contributed by atoms with Gasteiger partial charge in [0.05, 0.1) is 5.56 Å². The molecule has 5 nitrogen and oxygen atoms in total. The Labute approximate surface area is 217 Å². The number of pyridine rings is 1. The highest BCUT2D eigenvalue weighted by molar-refractivity contribution is 5.75. The summed E-state index contributed by atoms with van der Waals surface area (Å²) in [6.07, 6.45) is 9.74. The van der Waals surface area contributed by atoms with Gasteiger partial charge in [0.15, 0.2) is 0 Å². The Morgan fingerprint density at radius 2 is 1.84 bits per heavy atom. The maximum Gasteiger partial charge on any atom is 0.416 e. The van der Waals surface area contributed by atoms with Crippen LogP contribution in [0.2, 0.25) is 0 Å². The number of nitrogens with zero attached hydrogens (tertiary/aromatic N) is 3. The second-order valence-corrected chi connectivity index (χ2v) is 9.81. The zero-order chi connectivity index (χ0) is 26.3. The van der Waals surface area contributed by atoms with Crippen LogP contribution in [0.5, 0.6) is 0 Å². The van der Waals surface area contributed by atoms with Gasteiger partial charge in [0.25, 0.3) is 0 Å². The van der Waals surface area contributed by atoms with E-state index in [2.05, 4.69) is 38.3 Å². The average molecular weight is 512 g/mol. The number of benzene rings is 1. The fourth-order valence-electron chi connectivity index (χ4n) is 5.39. The van der Waals surface area contributed by atoms with E-state index in [1.807, 2.05) is 31.3 Å². The topological polar surface area (TPSA) is 52.6 Å². The molecule has 0 amide bonds. The quantitative estimate of drug-likeness (QED) is 0.306. The van der Waals surface area contributed by atoms with Gasteiger partial charge in [-0.05, 0) is 92.9 Å². The molecule has 1 aromatic carbocycles. The lowest BCUT2D eigenvalue weighted by molar-refractivity contribution is -0.137. The van der Waals surface area contributed by atoms with E-state index in [0.717, 1.165) is 61.4 Å². The van der Waals surface area contributed by atoms with Crippen molar-refractivity contribution >= 4 is 23.8 Å². The number of alkyl halides is 3. The van der Waals surface area contributed by atoms with Gasteiger partial charge in [-0.25, -0.2) is 4.98 Å². The zero-order valence-electron chi connectivity index (χ0n) is 21.3. The van der Waals surface area contributed by atoms with Gasteiger partial charge in [-0.15, -0.1) is 0 Å². The van der Waals surface area contributed by atoms with Crippen molar-refractivity contribution in [2.45, 2.75) is 69.8 Å². The van der Waals surface area contributed by atoms with Crippen LogP contribution in [-0.2, 0) is 6.18 Å². The molecule has 2 aliphatic rings. The van der Waals surface area contributed by atoms with Crippen LogP contribution >= 0.6 is 0 Å². The third kappa shape index (κ3) is 7.22. The average Bonchev–Trinajstić information content (AvgIpc) is 2.90. The number of hydrogen-bond acceptors (Lipinski definition) is 5. The zero-order valence-corrected chi connectivity index (χ0v) is 21.3. The summed E-state index contributed by atoms with van der Waals surface area (Å²) in [5.74, 6) is 0.852. The molecule has 2 heterocycles. The lowest BCUT2D eigenvalue weighted by Gasteiger charge is -2.40. The van der Waals surface area contributed by atoms with Crippen molar-refractivity contribution in [3.63, 3.8) is 0 Å². The lowest BCUT2D eigenvalue weighted by Crippen LogP contribution is -2.55. The Morgan fingerprint density at radius 3 is 2.54 bits per heavy atom. The van der Waals surface area contributed by atoms with E-state index >= 15 is 0 Å².